The van der Waals surface area contributed by atoms with Crippen LogP contribution in [-0.4, -0.2) is 22.2 Å². The van der Waals surface area contributed by atoms with E-state index in [1.807, 2.05) is 0 Å². The van der Waals surface area contributed by atoms with Crippen LogP contribution in [0.5, 0.6) is 5.75 Å². The number of rotatable bonds is 4. The van der Waals surface area contributed by atoms with Gasteiger partial charge in [-0.3, -0.25) is 14.9 Å². The fourth-order valence-electron chi connectivity index (χ4n) is 1.41. The van der Waals surface area contributed by atoms with E-state index < -0.39 is 10.8 Å². The number of aromatic hydroxyl groups is 1. The average Bonchev–Trinajstić information content (AvgIpc) is 2.90. The van der Waals surface area contributed by atoms with Gasteiger partial charge in [-0.1, -0.05) is 27.3 Å². The molecule has 0 radical (unpaired) electrons. The van der Waals surface area contributed by atoms with E-state index in [9.17, 15) is 20.0 Å². The minimum absolute atomic E-state index is 0.00703. The van der Waals surface area contributed by atoms with E-state index in [2.05, 4.69) is 26.5 Å². The van der Waals surface area contributed by atoms with E-state index in [4.69, 9.17) is 0 Å². The van der Waals surface area contributed by atoms with Gasteiger partial charge in [-0.05, 0) is 24.3 Å². The molecule has 1 aromatic carbocycles. The molecule has 2 N–H and O–H groups in total. The van der Waals surface area contributed by atoms with Crippen molar-refractivity contribution in [3.05, 3.63) is 55.4 Å². The lowest BCUT2D eigenvalue weighted by Gasteiger charge is -2.03. The summed E-state index contributed by atoms with van der Waals surface area (Å²) in [6.45, 7) is 0. The van der Waals surface area contributed by atoms with Gasteiger partial charge < -0.3 is 5.11 Å². The zero-order valence-electron chi connectivity index (χ0n) is 10.3. The van der Waals surface area contributed by atoms with Crippen molar-refractivity contribution in [1.82, 2.24) is 5.43 Å². The highest BCUT2D eigenvalue weighted by molar-refractivity contribution is 9.10. The standard InChI is InChI=1S/C12H8BrN3O4S/c13-7-1-3-10(17)9(5-7)12(18)15-14-6-8-2-4-11(21-8)16(19)20/h1-6,17H,(H,15,18). The number of carbonyl (C=O) groups excluding carboxylic acids is 1. The Hall–Kier alpha value is -2.26. The van der Waals surface area contributed by atoms with Crippen LogP contribution in [0.1, 0.15) is 15.2 Å². The summed E-state index contributed by atoms with van der Waals surface area (Å²) in [6, 6.07) is 7.31. The Balaban J connectivity index is 2.04. The maximum absolute atomic E-state index is 11.8. The summed E-state index contributed by atoms with van der Waals surface area (Å²) in [4.78, 5) is 22.4. The second-order valence-corrected chi connectivity index (χ2v) is 5.80. The molecule has 2 rings (SSSR count). The molecule has 0 unspecified atom stereocenters. The maximum Gasteiger partial charge on any atom is 0.324 e. The Morgan fingerprint density at radius 3 is 2.86 bits per heavy atom. The number of phenolic OH excluding ortho intramolecular Hbond substituents is 1. The molecule has 9 heteroatoms. The molecule has 7 nitrogen and oxygen atoms in total. The van der Waals surface area contributed by atoms with Crippen LogP contribution in [0.2, 0.25) is 0 Å². The van der Waals surface area contributed by atoms with Gasteiger partial charge in [0, 0.05) is 10.5 Å². The Labute approximate surface area is 131 Å². The molecule has 2 aromatic rings. The van der Waals surface area contributed by atoms with Crippen LogP contribution < -0.4 is 5.43 Å². The van der Waals surface area contributed by atoms with E-state index >= 15 is 0 Å². The highest BCUT2D eigenvalue weighted by Crippen LogP contribution is 2.23. The molecule has 0 saturated heterocycles. The number of hydrazone groups is 1. The molecule has 0 spiro atoms. The van der Waals surface area contributed by atoms with E-state index in [1.165, 1.54) is 30.5 Å². The third-order valence-corrected chi connectivity index (χ3v) is 3.82. The van der Waals surface area contributed by atoms with Crippen LogP contribution in [-0.2, 0) is 0 Å². The van der Waals surface area contributed by atoms with Crippen LogP contribution >= 0.6 is 27.3 Å². The lowest BCUT2D eigenvalue weighted by molar-refractivity contribution is -0.380. The lowest BCUT2D eigenvalue weighted by Crippen LogP contribution is -2.17. The minimum Gasteiger partial charge on any atom is -0.507 e. The van der Waals surface area contributed by atoms with Crippen LogP contribution in [0.15, 0.2) is 39.9 Å². The number of nitro groups is 1. The van der Waals surface area contributed by atoms with Crippen molar-refractivity contribution >= 4 is 44.4 Å². The third-order valence-electron chi connectivity index (χ3n) is 2.35. The molecule has 1 aromatic heterocycles. The van der Waals surface area contributed by atoms with Gasteiger partial charge in [-0.2, -0.15) is 5.10 Å². The number of halogens is 1. The number of benzene rings is 1. The van der Waals surface area contributed by atoms with Crippen LogP contribution in [0.3, 0.4) is 0 Å². The number of hydrogen-bond donors (Lipinski definition) is 2. The molecular formula is C12H8BrN3O4S. The Kier molecular flexibility index (Phi) is 4.66. The van der Waals surface area contributed by atoms with E-state index in [-0.39, 0.29) is 16.3 Å². The van der Waals surface area contributed by atoms with Crippen molar-refractivity contribution in [3.63, 3.8) is 0 Å². The molecule has 0 aliphatic rings. The van der Waals surface area contributed by atoms with Gasteiger partial charge in [0.1, 0.15) is 5.75 Å². The van der Waals surface area contributed by atoms with Crippen molar-refractivity contribution in [2.24, 2.45) is 5.10 Å². The zero-order chi connectivity index (χ0) is 15.4. The Bertz CT molecular complexity index is 729. The molecule has 0 atom stereocenters. The fraction of sp³-hybridized carbons (Fsp3) is 0. The van der Waals surface area contributed by atoms with Crippen molar-refractivity contribution in [1.29, 1.82) is 0 Å². The minimum atomic E-state index is -0.587. The lowest BCUT2D eigenvalue weighted by atomic mass is 10.2. The molecule has 0 aliphatic carbocycles. The summed E-state index contributed by atoms with van der Waals surface area (Å²) in [5, 5.41) is 23.8. The molecule has 108 valence electrons. The summed E-state index contributed by atoms with van der Waals surface area (Å²) < 4.78 is 0.642. The quantitative estimate of drug-likeness (QED) is 0.490. The average molecular weight is 370 g/mol. The number of amides is 1. The van der Waals surface area contributed by atoms with Crippen LogP contribution in [0.4, 0.5) is 5.00 Å². The topological polar surface area (TPSA) is 105 Å². The number of nitrogens with zero attached hydrogens (tertiary/aromatic N) is 2. The first-order chi connectivity index (χ1) is 9.97. The van der Waals surface area contributed by atoms with Gasteiger partial charge in [-0.15, -0.1) is 0 Å². The molecule has 0 fully saturated rings. The Morgan fingerprint density at radius 2 is 2.19 bits per heavy atom. The van der Waals surface area contributed by atoms with Crippen LogP contribution in [0, 0.1) is 10.1 Å². The largest absolute Gasteiger partial charge is 0.507 e. The smallest absolute Gasteiger partial charge is 0.324 e. The highest BCUT2D eigenvalue weighted by Gasteiger charge is 2.11. The molecule has 0 saturated carbocycles. The molecular weight excluding hydrogens is 362 g/mol. The first kappa shape index (κ1) is 15.1. The van der Waals surface area contributed by atoms with Gasteiger partial charge in [0.15, 0.2) is 0 Å². The summed E-state index contributed by atoms with van der Waals surface area (Å²) in [7, 11) is 0. The first-order valence-electron chi connectivity index (χ1n) is 5.53. The molecule has 1 amide bonds. The van der Waals surface area contributed by atoms with Gasteiger partial charge >= 0.3 is 5.00 Å². The van der Waals surface area contributed by atoms with Crippen molar-refractivity contribution < 1.29 is 14.8 Å². The van der Waals surface area contributed by atoms with Crippen molar-refractivity contribution in [2.75, 3.05) is 0 Å². The summed E-state index contributed by atoms with van der Waals surface area (Å²) in [6.07, 6.45) is 1.30. The Morgan fingerprint density at radius 1 is 1.43 bits per heavy atom. The third kappa shape index (κ3) is 3.86. The second kappa shape index (κ2) is 6.46. The SMILES string of the molecule is O=C(NN=Cc1ccc([N+](=O)[O-])s1)c1cc(Br)ccc1O. The van der Waals surface area contributed by atoms with E-state index in [1.54, 1.807) is 6.07 Å². The van der Waals surface area contributed by atoms with Crippen molar-refractivity contribution in [2.45, 2.75) is 0 Å². The molecule has 0 aliphatic heterocycles. The predicted octanol–water partition coefficient (Wildman–Crippen LogP) is 2.89. The van der Waals surface area contributed by atoms with Gasteiger partial charge in [-0.25, -0.2) is 5.43 Å². The predicted molar refractivity (Wildman–Crippen MR) is 81.8 cm³/mol. The van der Waals surface area contributed by atoms with Gasteiger partial charge in [0.05, 0.1) is 21.6 Å². The normalized spacial score (nSPS) is 10.7. The summed E-state index contributed by atoms with van der Waals surface area (Å²) in [5.41, 5.74) is 2.31. The summed E-state index contributed by atoms with van der Waals surface area (Å²) >= 11 is 4.13. The highest BCUT2D eigenvalue weighted by atomic mass is 79.9. The summed E-state index contributed by atoms with van der Waals surface area (Å²) in [5.74, 6) is -0.756. The maximum atomic E-state index is 11.8. The monoisotopic (exact) mass is 369 g/mol. The number of hydrogen-bond acceptors (Lipinski definition) is 6. The van der Waals surface area contributed by atoms with E-state index in [0.717, 1.165) is 11.3 Å². The fourth-order valence-corrected chi connectivity index (χ4v) is 2.47. The number of phenols is 1. The number of thiophene rings is 1. The van der Waals surface area contributed by atoms with Gasteiger partial charge in [0.2, 0.25) is 0 Å². The van der Waals surface area contributed by atoms with E-state index in [0.29, 0.717) is 9.35 Å². The van der Waals surface area contributed by atoms with Crippen LogP contribution in [0.25, 0.3) is 0 Å². The van der Waals surface area contributed by atoms with Gasteiger partial charge in [0.25, 0.3) is 5.91 Å². The zero-order valence-corrected chi connectivity index (χ0v) is 12.7. The number of nitrogens with one attached hydrogen (secondary N) is 1. The molecule has 1 heterocycles. The number of carbonyl (C=O) groups is 1. The first-order valence-corrected chi connectivity index (χ1v) is 7.14. The van der Waals surface area contributed by atoms with Crippen molar-refractivity contribution in [3.8, 4) is 5.75 Å². The molecule has 0 bridgehead atoms. The second-order valence-electron chi connectivity index (χ2n) is 3.79. The molecule has 21 heavy (non-hydrogen) atoms.